The van der Waals surface area contributed by atoms with E-state index >= 15 is 4.39 Å². The van der Waals surface area contributed by atoms with E-state index in [1.807, 2.05) is 6.07 Å². The number of hydrogen-bond donors (Lipinski definition) is 1. The number of anilines is 1. The van der Waals surface area contributed by atoms with Gasteiger partial charge in [-0.2, -0.15) is 4.31 Å². The Morgan fingerprint density at radius 1 is 1.05 bits per heavy atom. The Balaban J connectivity index is 1.57. The number of ether oxygens (including phenoxy) is 1. The summed E-state index contributed by atoms with van der Waals surface area (Å²) in [5.41, 5.74) is -0.444. The van der Waals surface area contributed by atoms with E-state index in [4.69, 9.17) is 16.3 Å². The van der Waals surface area contributed by atoms with E-state index in [-0.39, 0.29) is 30.8 Å². The molecule has 218 valence electrons. The molecule has 2 fully saturated rings. The molecular formula is C27H33ClFN3O6S2. The SMILES string of the molecule is C[C@H](/C=C\S(C)(=O)=O)NC(=O)C1(F)CCN(S(=O)(=O)c2ccc(N3CCOCC3)cc2-c2ccccc2Cl)CC1. The third-order valence-electron chi connectivity index (χ3n) is 7.02. The zero-order valence-electron chi connectivity index (χ0n) is 22.3. The smallest absolute Gasteiger partial charge is 0.258 e. The van der Waals surface area contributed by atoms with Crippen LogP contribution in [0.15, 0.2) is 58.8 Å². The van der Waals surface area contributed by atoms with Gasteiger partial charge in [0.05, 0.1) is 18.1 Å². The van der Waals surface area contributed by atoms with Crippen LogP contribution in [0.4, 0.5) is 10.1 Å². The number of amides is 1. The van der Waals surface area contributed by atoms with Crippen LogP contribution in [0.25, 0.3) is 11.1 Å². The van der Waals surface area contributed by atoms with Crippen LogP contribution in [-0.4, -0.2) is 84.4 Å². The lowest BCUT2D eigenvalue weighted by Crippen LogP contribution is -2.53. The third kappa shape index (κ3) is 7.03. The molecule has 1 N–H and O–H groups in total. The first-order valence-electron chi connectivity index (χ1n) is 12.9. The first kappa shape index (κ1) is 30.4. The van der Waals surface area contributed by atoms with E-state index in [1.165, 1.54) is 17.3 Å². The zero-order valence-corrected chi connectivity index (χ0v) is 24.7. The van der Waals surface area contributed by atoms with Crippen molar-refractivity contribution in [2.45, 2.75) is 36.4 Å². The summed E-state index contributed by atoms with van der Waals surface area (Å²) in [5, 5.41) is 3.80. The molecule has 0 saturated carbocycles. The zero-order chi connectivity index (χ0) is 29.1. The molecule has 2 aromatic carbocycles. The molecule has 0 aromatic heterocycles. The fourth-order valence-electron chi connectivity index (χ4n) is 4.74. The van der Waals surface area contributed by atoms with Gasteiger partial charge in [0.2, 0.25) is 10.0 Å². The monoisotopic (exact) mass is 613 g/mol. The lowest BCUT2D eigenvalue weighted by Gasteiger charge is -2.35. The Bertz CT molecular complexity index is 1490. The quantitative estimate of drug-likeness (QED) is 0.486. The fourth-order valence-corrected chi connectivity index (χ4v) is 7.13. The Kier molecular flexibility index (Phi) is 9.25. The standard InChI is InChI=1S/C27H33ClFN3O6S2/c1-20(9-18-39(2,34)35)30-26(33)27(29)10-12-32(13-11-27)40(36,37)25-8-7-21(31-14-16-38-17-15-31)19-23(25)22-5-3-4-6-24(22)28/h3-9,18-20H,10-17H2,1-2H3,(H,30,33)/b18-9-/t20-/m1/s1. The molecule has 2 aliphatic rings. The van der Waals surface area contributed by atoms with Gasteiger partial charge in [0.15, 0.2) is 15.5 Å². The Labute approximate surface area is 239 Å². The number of carbonyl (C=O) groups is 1. The average Bonchev–Trinajstić information content (AvgIpc) is 2.92. The van der Waals surface area contributed by atoms with Crippen molar-refractivity contribution in [1.82, 2.24) is 9.62 Å². The molecule has 0 aliphatic carbocycles. The van der Waals surface area contributed by atoms with E-state index in [0.29, 0.717) is 42.5 Å². The number of sulfonamides is 1. The van der Waals surface area contributed by atoms with Crippen LogP contribution in [-0.2, 0) is 29.4 Å². The molecule has 0 spiro atoms. The lowest BCUT2D eigenvalue weighted by molar-refractivity contribution is -0.135. The lowest BCUT2D eigenvalue weighted by atomic mass is 9.93. The second kappa shape index (κ2) is 12.2. The topological polar surface area (TPSA) is 113 Å². The van der Waals surface area contributed by atoms with Crippen molar-refractivity contribution in [3.63, 3.8) is 0 Å². The minimum Gasteiger partial charge on any atom is -0.378 e. The molecule has 2 heterocycles. The summed E-state index contributed by atoms with van der Waals surface area (Å²) in [6.07, 6.45) is 1.59. The summed E-state index contributed by atoms with van der Waals surface area (Å²) in [6, 6.07) is 11.4. The summed E-state index contributed by atoms with van der Waals surface area (Å²) < 4.78 is 72.6. The van der Waals surface area contributed by atoms with E-state index in [9.17, 15) is 21.6 Å². The van der Waals surface area contributed by atoms with Crippen LogP contribution in [0, 0.1) is 0 Å². The number of sulfone groups is 1. The van der Waals surface area contributed by atoms with E-state index < -0.39 is 37.5 Å². The maximum absolute atomic E-state index is 15.6. The van der Waals surface area contributed by atoms with Gasteiger partial charge in [0.1, 0.15) is 0 Å². The highest BCUT2D eigenvalue weighted by atomic mass is 35.5. The molecule has 40 heavy (non-hydrogen) atoms. The van der Waals surface area contributed by atoms with E-state index in [1.54, 1.807) is 36.4 Å². The number of alkyl halides is 1. The minimum absolute atomic E-state index is 0.0490. The molecule has 0 radical (unpaired) electrons. The normalized spacial score (nSPS) is 19.4. The van der Waals surface area contributed by atoms with Crippen molar-refractivity contribution in [2.24, 2.45) is 0 Å². The van der Waals surface area contributed by atoms with Crippen LogP contribution in [0.1, 0.15) is 19.8 Å². The molecule has 0 unspecified atom stereocenters. The Morgan fingerprint density at radius 3 is 2.33 bits per heavy atom. The average molecular weight is 614 g/mol. The van der Waals surface area contributed by atoms with Crippen molar-refractivity contribution in [3.8, 4) is 11.1 Å². The number of morpholine rings is 1. The maximum atomic E-state index is 15.6. The van der Waals surface area contributed by atoms with Crippen LogP contribution < -0.4 is 10.2 Å². The van der Waals surface area contributed by atoms with Crippen LogP contribution >= 0.6 is 11.6 Å². The predicted octanol–water partition coefficient (Wildman–Crippen LogP) is 3.40. The van der Waals surface area contributed by atoms with Gasteiger partial charge in [0, 0.05) is 78.6 Å². The summed E-state index contributed by atoms with van der Waals surface area (Å²) in [6.45, 7) is 3.60. The van der Waals surface area contributed by atoms with Gasteiger partial charge in [0.25, 0.3) is 5.91 Å². The summed E-state index contributed by atoms with van der Waals surface area (Å²) >= 11 is 6.49. The number of piperidine rings is 1. The second-order valence-corrected chi connectivity index (χ2v) is 14.3. The molecule has 1 atom stereocenters. The van der Waals surface area contributed by atoms with Gasteiger partial charge in [-0.25, -0.2) is 21.2 Å². The van der Waals surface area contributed by atoms with Crippen molar-refractivity contribution in [2.75, 3.05) is 50.5 Å². The van der Waals surface area contributed by atoms with Crippen molar-refractivity contribution in [3.05, 3.63) is 59.0 Å². The summed E-state index contributed by atoms with van der Waals surface area (Å²) in [7, 11) is -7.47. The number of rotatable bonds is 8. The molecule has 0 bridgehead atoms. The van der Waals surface area contributed by atoms with Crippen molar-refractivity contribution < 1.29 is 30.8 Å². The largest absolute Gasteiger partial charge is 0.378 e. The van der Waals surface area contributed by atoms with E-state index in [0.717, 1.165) is 17.4 Å². The van der Waals surface area contributed by atoms with Gasteiger partial charge in [-0.3, -0.25) is 4.79 Å². The molecule has 2 aromatic rings. The number of nitrogens with zero attached hydrogens (tertiary/aromatic N) is 2. The highest BCUT2D eigenvalue weighted by Crippen LogP contribution is 2.38. The molecular weight excluding hydrogens is 581 g/mol. The number of hydrogen-bond acceptors (Lipinski definition) is 7. The first-order chi connectivity index (χ1) is 18.8. The van der Waals surface area contributed by atoms with Gasteiger partial charge < -0.3 is 15.0 Å². The molecule has 13 heteroatoms. The number of nitrogens with one attached hydrogen (secondary N) is 1. The molecule has 9 nitrogen and oxygen atoms in total. The third-order valence-corrected chi connectivity index (χ3v) is 9.95. The Hall–Kier alpha value is -2.51. The van der Waals surface area contributed by atoms with Gasteiger partial charge >= 0.3 is 0 Å². The highest BCUT2D eigenvalue weighted by molar-refractivity contribution is 7.93. The first-order valence-corrected chi connectivity index (χ1v) is 16.7. The second-order valence-electron chi connectivity index (χ2n) is 10.0. The minimum atomic E-state index is -4.07. The molecule has 4 rings (SSSR count). The summed E-state index contributed by atoms with van der Waals surface area (Å²) in [5.74, 6) is -0.901. The predicted molar refractivity (Wildman–Crippen MR) is 153 cm³/mol. The Morgan fingerprint density at radius 2 is 1.70 bits per heavy atom. The van der Waals surface area contributed by atoms with Gasteiger partial charge in [-0.15, -0.1) is 0 Å². The van der Waals surface area contributed by atoms with Crippen molar-refractivity contribution in [1.29, 1.82) is 0 Å². The highest BCUT2D eigenvalue weighted by Gasteiger charge is 2.45. The van der Waals surface area contributed by atoms with Gasteiger partial charge in [-0.1, -0.05) is 35.9 Å². The van der Waals surface area contributed by atoms with Crippen molar-refractivity contribution >= 4 is 43.1 Å². The number of carbonyl (C=O) groups excluding carboxylic acids is 1. The molecule has 1 amide bonds. The van der Waals surface area contributed by atoms with Crippen LogP contribution in [0.5, 0.6) is 0 Å². The fraction of sp³-hybridized carbons (Fsp3) is 0.444. The van der Waals surface area contributed by atoms with Crippen LogP contribution in [0.3, 0.4) is 0 Å². The molecule has 2 saturated heterocycles. The summed E-state index contributed by atoms with van der Waals surface area (Å²) in [4.78, 5) is 14.8. The molecule has 2 aliphatic heterocycles. The van der Waals surface area contributed by atoms with Gasteiger partial charge in [-0.05, 0) is 31.2 Å². The van der Waals surface area contributed by atoms with E-state index in [2.05, 4.69) is 10.2 Å². The number of halogens is 2. The number of benzene rings is 2. The maximum Gasteiger partial charge on any atom is 0.258 e. The van der Waals surface area contributed by atoms with Crippen LogP contribution in [0.2, 0.25) is 5.02 Å².